The van der Waals surface area contributed by atoms with E-state index in [4.69, 9.17) is 5.73 Å². The van der Waals surface area contributed by atoms with Crippen LogP contribution < -0.4 is 10.6 Å². The van der Waals surface area contributed by atoms with E-state index in [-0.39, 0.29) is 5.78 Å². The van der Waals surface area contributed by atoms with Crippen molar-refractivity contribution in [2.24, 2.45) is 11.8 Å². The molecule has 0 aliphatic carbocycles. The number of carbonyl (C=O) groups is 1. The topological polar surface area (TPSA) is 46.3 Å². The van der Waals surface area contributed by atoms with Gasteiger partial charge in [0.2, 0.25) is 0 Å². The Balaban J connectivity index is 3.07. The summed E-state index contributed by atoms with van der Waals surface area (Å²) in [4.78, 5) is 13.9. The molecule has 3 nitrogen and oxygen atoms in total. The van der Waals surface area contributed by atoms with Crippen molar-refractivity contribution in [1.82, 2.24) is 0 Å². The molecule has 0 heterocycles. The van der Waals surface area contributed by atoms with Crippen LogP contribution in [0, 0.1) is 11.8 Å². The summed E-state index contributed by atoms with van der Waals surface area (Å²) in [6.07, 6.45) is 0. The summed E-state index contributed by atoms with van der Waals surface area (Å²) in [6, 6.07) is 5.76. The minimum Gasteiger partial charge on any atom is -0.398 e. The zero-order chi connectivity index (χ0) is 14.6. The van der Waals surface area contributed by atoms with Crippen LogP contribution in [0.25, 0.3) is 0 Å². The van der Waals surface area contributed by atoms with Crippen LogP contribution in [0.2, 0.25) is 0 Å². The van der Waals surface area contributed by atoms with E-state index < -0.39 is 0 Å². The molecule has 106 valence electrons. The van der Waals surface area contributed by atoms with E-state index in [0.29, 0.717) is 23.1 Å². The van der Waals surface area contributed by atoms with E-state index >= 15 is 0 Å². The second-order valence-electron chi connectivity index (χ2n) is 6.02. The van der Waals surface area contributed by atoms with Gasteiger partial charge in [-0.3, -0.25) is 4.79 Å². The standard InChI is InChI=1S/C16H26N2O/c1-11(2)9-18(10-12(3)4)14-6-7-16(17)15(8-14)13(5)19/h6-8,11-12H,9-10,17H2,1-5H3. The molecule has 19 heavy (non-hydrogen) atoms. The van der Waals surface area contributed by atoms with E-state index in [1.165, 1.54) is 0 Å². The predicted molar refractivity (Wildman–Crippen MR) is 82.7 cm³/mol. The molecular weight excluding hydrogens is 236 g/mol. The van der Waals surface area contributed by atoms with Gasteiger partial charge in [0.15, 0.2) is 5.78 Å². The largest absolute Gasteiger partial charge is 0.398 e. The van der Waals surface area contributed by atoms with Crippen molar-refractivity contribution < 1.29 is 4.79 Å². The van der Waals surface area contributed by atoms with Crippen molar-refractivity contribution in [1.29, 1.82) is 0 Å². The summed E-state index contributed by atoms with van der Waals surface area (Å²) in [5, 5.41) is 0. The van der Waals surface area contributed by atoms with E-state index in [1.807, 2.05) is 18.2 Å². The third-order valence-corrected chi connectivity index (χ3v) is 2.95. The minimum atomic E-state index is 0.0217. The number of ketones is 1. The Kier molecular flexibility index (Phi) is 5.40. The smallest absolute Gasteiger partial charge is 0.161 e. The van der Waals surface area contributed by atoms with Gasteiger partial charge >= 0.3 is 0 Å². The average Bonchev–Trinajstić information content (AvgIpc) is 2.27. The Labute approximate surface area is 116 Å². The molecule has 2 N–H and O–H groups in total. The van der Waals surface area contributed by atoms with Crippen LogP contribution in [-0.4, -0.2) is 18.9 Å². The molecule has 0 fully saturated rings. The first-order valence-corrected chi connectivity index (χ1v) is 6.96. The minimum absolute atomic E-state index is 0.0217. The summed E-state index contributed by atoms with van der Waals surface area (Å²) in [5.74, 6) is 1.18. The van der Waals surface area contributed by atoms with Crippen LogP contribution in [0.3, 0.4) is 0 Å². The van der Waals surface area contributed by atoms with Crippen LogP contribution in [0.1, 0.15) is 45.0 Å². The lowest BCUT2D eigenvalue weighted by molar-refractivity contribution is 0.101. The molecule has 1 rings (SSSR count). The lowest BCUT2D eigenvalue weighted by Gasteiger charge is -2.29. The molecule has 1 aromatic carbocycles. The third kappa shape index (κ3) is 4.58. The van der Waals surface area contributed by atoms with Crippen molar-refractivity contribution in [3.63, 3.8) is 0 Å². The van der Waals surface area contributed by atoms with Gasteiger partial charge in [0.05, 0.1) is 0 Å². The summed E-state index contributed by atoms with van der Waals surface area (Å²) in [6.45, 7) is 12.4. The van der Waals surface area contributed by atoms with Gasteiger partial charge in [-0.1, -0.05) is 27.7 Å². The second kappa shape index (κ2) is 6.60. The van der Waals surface area contributed by atoms with Gasteiger partial charge in [0, 0.05) is 30.0 Å². The number of rotatable bonds is 6. The van der Waals surface area contributed by atoms with E-state index in [9.17, 15) is 4.79 Å². The highest BCUT2D eigenvalue weighted by Crippen LogP contribution is 2.23. The van der Waals surface area contributed by atoms with Crippen LogP contribution in [0.4, 0.5) is 11.4 Å². The van der Waals surface area contributed by atoms with E-state index in [1.54, 1.807) is 6.92 Å². The lowest BCUT2D eigenvalue weighted by Crippen LogP contribution is -2.31. The van der Waals surface area contributed by atoms with Gasteiger partial charge in [0.1, 0.15) is 0 Å². The molecule has 0 amide bonds. The maximum atomic E-state index is 11.6. The van der Waals surface area contributed by atoms with Gasteiger partial charge in [-0.2, -0.15) is 0 Å². The highest BCUT2D eigenvalue weighted by Gasteiger charge is 2.13. The third-order valence-electron chi connectivity index (χ3n) is 2.95. The molecule has 0 aromatic heterocycles. The summed E-state index contributed by atoms with van der Waals surface area (Å²) in [5.41, 5.74) is 8.12. The number of carbonyl (C=O) groups excluding carboxylic acids is 1. The van der Waals surface area contributed by atoms with E-state index in [2.05, 4.69) is 32.6 Å². The van der Waals surface area contributed by atoms with Crippen molar-refractivity contribution in [3.8, 4) is 0 Å². The van der Waals surface area contributed by atoms with Crippen molar-refractivity contribution in [2.45, 2.75) is 34.6 Å². The summed E-state index contributed by atoms with van der Waals surface area (Å²) >= 11 is 0. The Bertz CT molecular complexity index is 428. The van der Waals surface area contributed by atoms with Gasteiger partial charge in [-0.05, 0) is 37.0 Å². The highest BCUT2D eigenvalue weighted by molar-refractivity contribution is 6.00. The van der Waals surface area contributed by atoms with Crippen LogP contribution in [0.5, 0.6) is 0 Å². The van der Waals surface area contributed by atoms with Crippen molar-refractivity contribution >= 4 is 17.2 Å². The quantitative estimate of drug-likeness (QED) is 0.629. The Hall–Kier alpha value is -1.51. The SMILES string of the molecule is CC(=O)c1cc(N(CC(C)C)CC(C)C)ccc1N. The zero-order valence-corrected chi connectivity index (χ0v) is 12.7. The molecule has 1 aromatic rings. The number of nitrogens with zero attached hydrogens (tertiary/aromatic N) is 1. The molecule has 0 radical (unpaired) electrons. The van der Waals surface area contributed by atoms with Gasteiger partial charge in [-0.15, -0.1) is 0 Å². The number of hydrogen-bond acceptors (Lipinski definition) is 3. The number of Topliss-reactive ketones (excluding diaryl/α,β-unsaturated/α-hetero) is 1. The summed E-state index contributed by atoms with van der Waals surface area (Å²) in [7, 11) is 0. The fourth-order valence-electron chi connectivity index (χ4n) is 2.21. The first-order valence-electron chi connectivity index (χ1n) is 6.96. The average molecular weight is 262 g/mol. The van der Waals surface area contributed by atoms with Crippen LogP contribution >= 0.6 is 0 Å². The highest BCUT2D eigenvalue weighted by atomic mass is 16.1. The molecule has 0 bridgehead atoms. The van der Waals surface area contributed by atoms with Gasteiger partial charge in [0.25, 0.3) is 0 Å². The second-order valence-corrected chi connectivity index (χ2v) is 6.02. The van der Waals surface area contributed by atoms with Crippen molar-refractivity contribution in [3.05, 3.63) is 23.8 Å². The van der Waals surface area contributed by atoms with Gasteiger partial charge in [-0.25, -0.2) is 0 Å². The molecule has 0 unspecified atom stereocenters. The Morgan fingerprint density at radius 1 is 1.16 bits per heavy atom. The lowest BCUT2D eigenvalue weighted by atomic mass is 10.1. The molecule has 0 saturated carbocycles. The molecule has 0 atom stereocenters. The number of nitrogen functional groups attached to an aromatic ring is 1. The van der Waals surface area contributed by atoms with Gasteiger partial charge < -0.3 is 10.6 Å². The number of nitrogens with two attached hydrogens (primary N) is 1. The first-order chi connectivity index (χ1) is 8.81. The maximum Gasteiger partial charge on any atom is 0.161 e. The zero-order valence-electron chi connectivity index (χ0n) is 12.7. The number of benzene rings is 1. The van der Waals surface area contributed by atoms with E-state index in [0.717, 1.165) is 18.8 Å². The monoisotopic (exact) mass is 262 g/mol. The molecule has 0 spiro atoms. The summed E-state index contributed by atoms with van der Waals surface area (Å²) < 4.78 is 0. The Morgan fingerprint density at radius 2 is 1.68 bits per heavy atom. The fourth-order valence-corrected chi connectivity index (χ4v) is 2.21. The Morgan fingerprint density at radius 3 is 2.11 bits per heavy atom. The molecule has 0 aliphatic rings. The van der Waals surface area contributed by atoms with Crippen LogP contribution in [0.15, 0.2) is 18.2 Å². The molecule has 0 aliphatic heterocycles. The molecule has 3 heteroatoms. The normalized spacial score (nSPS) is 11.1. The van der Waals surface area contributed by atoms with Crippen LogP contribution in [-0.2, 0) is 0 Å². The first kappa shape index (κ1) is 15.5. The number of hydrogen-bond donors (Lipinski definition) is 1. The molecular formula is C16H26N2O. The predicted octanol–water partition coefficient (Wildman–Crippen LogP) is 3.59. The number of anilines is 2. The van der Waals surface area contributed by atoms with Crippen molar-refractivity contribution in [2.75, 3.05) is 23.7 Å². The molecule has 0 saturated heterocycles. The maximum absolute atomic E-state index is 11.6. The fraction of sp³-hybridized carbons (Fsp3) is 0.562.